The number of hydrogen-bond donors (Lipinski definition) is 1. The molecule has 3 heterocycles. The number of anilines is 1. The third-order valence-electron chi connectivity index (χ3n) is 6.56. The van der Waals surface area contributed by atoms with E-state index >= 15 is 0 Å². The lowest BCUT2D eigenvalue weighted by Gasteiger charge is -2.26. The molecule has 6 rings (SSSR count). The second-order valence-corrected chi connectivity index (χ2v) is 9.45. The summed E-state index contributed by atoms with van der Waals surface area (Å²) in [7, 11) is 0. The first kappa shape index (κ1) is 24.7. The van der Waals surface area contributed by atoms with Gasteiger partial charge in [-0.2, -0.15) is 0 Å². The fourth-order valence-electron chi connectivity index (χ4n) is 4.77. The lowest BCUT2D eigenvalue weighted by Crippen LogP contribution is -2.29. The smallest absolute Gasteiger partial charge is 0.174 e. The predicted molar refractivity (Wildman–Crippen MR) is 156 cm³/mol. The number of ether oxygens (including phenoxy) is 2. The lowest BCUT2D eigenvalue weighted by atomic mass is 10.0. The highest BCUT2D eigenvalue weighted by molar-refractivity contribution is 7.80. The fourth-order valence-corrected chi connectivity index (χ4v) is 5.12. The average molecular weight is 534 g/mol. The molecule has 5 aromatic rings. The van der Waals surface area contributed by atoms with Crippen molar-refractivity contribution in [3.05, 3.63) is 127 Å². The molecule has 6 nitrogen and oxygen atoms in total. The quantitative estimate of drug-likeness (QED) is 0.205. The van der Waals surface area contributed by atoms with Gasteiger partial charge in [0.25, 0.3) is 0 Å². The summed E-state index contributed by atoms with van der Waals surface area (Å²) in [5, 5.41) is 4.08. The first-order valence-electron chi connectivity index (χ1n) is 12.9. The molecule has 7 heteroatoms. The number of furan rings is 1. The Labute approximate surface area is 232 Å². The van der Waals surface area contributed by atoms with Crippen LogP contribution in [0.4, 0.5) is 5.69 Å². The molecule has 1 aliphatic rings. The Morgan fingerprint density at radius 3 is 2.26 bits per heavy atom. The molecule has 0 bridgehead atoms. The molecule has 1 saturated heterocycles. The van der Waals surface area contributed by atoms with Crippen LogP contribution in [0, 0.1) is 0 Å². The summed E-state index contributed by atoms with van der Waals surface area (Å²) in [6, 6.07) is 35.0. The Morgan fingerprint density at radius 1 is 0.821 bits per heavy atom. The zero-order valence-electron chi connectivity index (χ0n) is 21.4. The molecule has 1 fully saturated rings. The van der Waals surface area contributed by atoms with Crippen LogP contribution in [0.1, 0.15) is 30.5 Å². The maximum Gasteiger partial charge on any atom is 0.174 e. The number of benzene rings is 3. The summed E-state index contributed by atoms with van der Waals surface area (Å²) in [4.78, 5) is 6.71. The van der Waals surface area contributed by atoms with Crippen molar-refractivity contribution in [2.75, 3.05) is 11.5 Å². The minimum atomic E-state index is -0.246. The maximum atomic E-state index is 6.47. The van der Waals surface area contributed by atoms with E-state index in [1.165, 1.54) is 0 Å². The van der Waals surface area contributed by atoms with E-state index in [1.807, 2.05) is 116 Å². The summed E-state index contributed by atoms with van der Waals surface area (Å²) in [6.45, 7) is 2.60. The number of aromatic nitrogens is 1. The number of para-hydroxylation sites is 1. The van der Waals surface area contributed by atoms with E-state index in [-0.39, 0.29) is 12.1 Å². The second kappa shape index (κ2) is 11.0. The van der Waals surface area contributed by atoms with Gasteiger partial charge in [-0.3, -0.25) is 4.98 Å². The molecule has 194 valence electrons. The summed E-state index contributed by atoms with van der Waals surface area (Å²) >= 11 is 5.85. The van der Waals surface area contributed by atoms with Crippen molar-refractivity contribution in [1.82, 2.24) is 10.3 Å². The minimum absolute atomic E-state index is 0.196. The van der Waals surface area contributed by atoms with Gasteiger partial charge < -0.3 is 24.1 Å². The van der Waals surface area contributed by atoms with Crippen LogP contribution in [0.25, 0.3) is 11.3 Å². The largest absolute Gasteiger partial charge is 0.494 e. The molecule has 2 aromatic heterocycles. The van der Waals surface area contributed by atoms with Gasteiger partial charge in [-0.05, 0) is 104 Å². The van der Waals surface area contributed by atoms with Crippen LogP contribution in [-0.2, 0) is 0 Å². The van der Waals surface area contributed by atoms with Crippen LogP contribution in [0.3, 0.4) is 0 Å². The fraction of sp³-hybridized carbons (Fsp3) is 0.125. The zero-order valence-corrected chi connectivity index (χ0v) is 22.2. The van der Waals surface area contributed by atoms with Crippen molar-refractivity contribution < 1.29 is 13.9 Å². The summed E-state index contributed by atoms with van der Waals surface area (Å²) in [5.41, 5.74) is 2.78. The third-order valence-corrected chi connectivity index (χ3v) is 6.87. The van der Waals surface area contributed by atoms with E-state index in [9.17, 15) is 0 Å². The first-order chi connectivity index (χ1) is 19.2. The molecule has 1 N–H and O–H groups in total. The van der Waals surface area contributed by atoms with Crippen LogP contribution >= 0.6 is 12.2 Å². The van der Waals surface area contributed by atoms with Crippen molar-refractivity contribution in [3.8, 4) is 28.6 Å². The van der Waals surface area contributed by atoms with Crippen molar-refractivity contribution in [3.63, 3.8) is 0 Å². The average Bonchev–Trinajstić information content (AvgIpc) is 3.60. The third kappa shape index (κ3) is 5.22. The number of nitrogens with zero attached hydrogens (tertiary/aromatic N) is 2. The number of thiocarbonyl (C=S) groups is 1. The Morgan fingerprint density at radius 2 is 1.54 bits per heavy atom. The van der Waals surface area contributed by atoms with E-state index in [0.29, 0.717) is 11.7 Å². The highest BCUT2D eigenvalue weighted by Crippen LogP contribution is 2.43. The van der Waals surface area contributed by atoms with Crippen LogP contribution in [0.5, 0.6) is 17.2 Å². The molecule has 0 aliphatic carbocycles. The summed E-state index contributed by atoms with van der Waals surface area (Å²) < 4.78 is 18.1. The molecule has 39 heavy (non-hydrogen) atoms. The molecule has 0 amide bonds. The zero-order chi connectivity index (χ0) is 26.6. The second-order valence-electron chi connectivity index (χ2n) is 9.07. The summed E-state index contributed by atoms with van der Waals surface area (Å²) in [5.74, 6) is 3.92. The Balaban J connectivity index is 1.33. The van der Waals surface area contributed by atoms with Gasteiger partial charge in [0.15, 0.2) is 5.11 Å². The molecule has 3 aromatic carbocycles. The van der Waals surface area contributed by atoms with E-state index in [4.69, 9.17) is 26.1 Å². The molecule has 0 saturated carbocycles. The first-order valence-corrected chi connectivity index (χ1v) is 13.3. The van der Waals surface area contributed by atoms with Gasteiger partial charge >= 0.3 is 0 Å². The van der Waals surface area contributed by atoms with E-state index < -0.39 is 0 Å². The normalized spacial score (nSPS) is 16.6. The van der Waals surface area contributed by atoms with Crippen molar-refractivity contribution in [2.45, 2.75) is 19.0 Å². The SMILES string of the molecule is CCOc1ccc(-c2ccc([C@@H]3[C@@H](c4ccccn4)NC(=S)N3c3ccc(Oc4ccccc4)cc3)o2)cc1. The van der Waals surface area contributed by atoms with Crippen LogP contribution in [0.2, 0.25) is 0 Å². The lowest BCUT2D eigenvalue weighted by molar-refractivity contribution is 0.340. The van der Waals surface area contributed by atoms with Crippen LogP contribution < -0.4 is 19.7 Å². The molecule has 0 unspecified atom stereocenters. The minimum Gasteiger partial charge on any atom is -0.494 e. The van der Waals surface area contributed by atoms with Gasteiger partial charge in [0.1, 0.15) is 34.8 Å². The molecule has 0 spiro atoms. The molecule has 1 aliphatic heterocycles. The highest BCUT2D eigenvalue weighted by atomic mass is 32.1. The maximum absolute atomic E-state index is 6.47. The number of hydrogen-bond acceptors (Lipinski definition) is 5. The van der Waals surface area contributed by atoms with Gasteiger partial charge in [0, 0.05) is 17.4 Å². The molecular formula is C32H27N3O3S. The topological polar surface area (TPSA) is 59.8 Å². The monoisotopic (exact) mass is 533 g/mol. The van der Waals surface area contributed by atoms with Gasteiger partial charge in [-0.1, -0.05) is 24.3 Å². The predicted octanol–water partition coefficient (Wildman–Crippen LogP) is 7.71. The van der Waals surface area contributed by atoms with Crippen molar-refractivity contribution in [2.24, 2.45) is 0 Å². The van der Waals surface area contributed by atoms with Crippen LogP contribution in [-0.4, -0.2) is 16.7 Å². The van der Waals surface area contributed by atoms with Gasteiger partial charge in [0.05, 0.1) is 18.3 Å². The summed E-state index contributed by atoms with van der Waals surface area (Å²) in [6.07, 6.45) is 1.79. The van der Waals surface area contributed by atoms with Gasteiger partial charge in [-0.25, -0.2) is 0 Å². The van der Waals surface area contributed by atoms with Crippen LogP contribution in [0.15, 0.2) is 120 Å². The van der Waals surface area contributed by atoms with Gasteiger partial charge in [0.2, 0.25) is 0 Å². The van der Waals surface area contributed by atoms with E-state index in [1.54, 1.807) is 6.20 Å². The number of rotatable bonds is 8. The highest BCUT2D eigenvalue weighted by Gasteiger charge is 2.42. The Hall–Kier alpha value is -4.62. The Kier molecular flexibility index (Phi) is 6.97. The van der Waals surface area contributed by atoms with E-state index in [2.05, 4.69) is 15.2 Å². The molecule has 2 atom stereocenters. The van der Waals surface area contributed by atoms with E-state index in [0.717, 1.165) is 45.7 Å². The molecule has 0 radical (unpaired) electrons. The van der Waals surface area contributed by atoms with Crippen molar-refractivity contribution >= 4 is 23.0 Å². The van der Waals surface area contributed by atoms with Gasteiger partial charge in [-0.15, -0.1) is 0 Å². The number of pyridine rings is 1. The number of nitrogens with one attached hydrogen (secondary N) is 1. The Bertz CT molecular complexity index is 1540. The van der Waals surface area contributed by atoms with Crippen molar-refractivity contribution in [1.29, 1.82) is 0 Å². The standard InChI is InChI=1S/C32H27N3O3S/c1-2-36-24-15-11-22(12-16-24)28-19-20-29(38-28)31-30(27-10-6-7-21-33-27)34-32(39)35(31)23-13-17-26(18-14-23)37-25-8-4-3-5-9-25/h3-21,30-31H,2H2,1H3,(H,34,39)/t30-,31-/m1/s1. The molecular weight excluding hydrogens is 506 g/mol.